The molecule has 17 heavy (non-hydrogen) atoms. The standard InChI is InChI=1S/C13H9FN2O/c1-8-16-13-12(17-8)6-9(7-15-13)10-4-2-3-5-11(10)14/h2-7H,1H3. The van der Waals surface area contributed by atoms with Crippen molar-refractivity contribution >= 4 is 11.2 Å². The number of benzene rings is 1. The number of pyridine rings is 1. The van der Waals surface area contributed by atoms with Crippen LogP contribution in [0.1, 0.15) is 5.89 Å². The normalized spacial score (nSPS) is 10.9. The molecule has 3 nitrogen and oxygen atoms in total. The summed E-state index contributed by atoms with van der Waals surface area (Å²) >= 11 is 0. The molecule has 84 valence electrons. The van der Waals surface area contributed by atoms with Gasteiger partial charge in [-0.2, -0.15) is 4.98 Å². The largest absolute Gasteiger partial charge is 0.439 e. The SMILES string of the molecule is Cc1nc2ncc(-c3ccccc3F)cc2o1. The molecule has 0 fully saturated rings. The summed E-state index contributed by atoms with van der Waals surface area (Å²) in [6.07, 6.45) is 1.60. The summed E-state index contributed by atoms with van der Waals surface area (Å²) in [6.45, 7) is 1.75. The third kappa shape index (κ3) is 1.67. The minimum absolute atomic E-state index is 0.273. The van der Waals surface area contributed by atoms with Crippen molar-refractivity contribution in [2.24, 2.45) is 0 Å². The van der Waals surface area contributed by atoms with Gasteiger partial charge in [-0.3, -0.25) is 0 Å². The maximum atomic E-state index is 13.6. The van der Waals surface area contributed by atoms with Crippen LogP contribution in [-0.2, 0) is 0 Å². The van der Waals surface area contributed by atoms with E-state index in [2.05, 4.69) is 9.97 Å². The first-order valence-electron chi connectivity index (χ1n) is 5.22. The zero-order valence-corrected chi connectivity index (χ0v) is 9.14. The van der Waals surface area contributed by atoms with Gasteiger partial charge in [-0.05, 0) is 12.1 Å². The lowest BCUT2D eigenvalue weighted by Crippen LogP contribution is -1.85. The predicted molar refractivity (Wildman–Crippen MR) is 61.9 cm³/mol. The van der Waals surface area contributed by atoms with Crippen LogP contribution in [0.5, 0.6) is 0 Å². The Hall–Kier alpha value is -2.23. The van der Waals surface area contributed by atoms with Gasteiger partial charge in [-0.15, -0.1) is 0 Å². The third-order valence-electron chi connectivity index (χ3n) is 2.54. The van der Waals surface area contributed by atoms with Crippen LogP contribution >= 0.6 is 0 Å². The average Bonchev–Trinajstić information content (AvgIpc) is 2.68. The Labute approximate surface area is 96.9 Å². The molecule has 4 heteroatoms. The van der Waals surface area contributed by atoms with Gasteiger partial charge >= 0.3 is 0 Å². The maximum Gasteiger partial charge on any atom is 0.198 e. The fourth-order valence-corrected chi connectivity index (χ4v) is 1.77. The highest BCUT2D eigenvalue weighted by atomic mass is 19.1. The van der Waals surface area contributed by atoms with Crippen molar-refractivity contribution in [3.8, 4) is 11.1 Å². The Morgan fingerprint density at radius 1 is 1.24 bits per heavy atom. The van der Waals surface area contributed by atoms with Crippen LogP contribution in [0.15, 0.2) is 40.9 Å². The van der Waals surface area contributed by atoms with E-state index < -0.39 is 0 Å². The van der Waals surface area contributed by atoms with E-state index in [1.54, 1.807) is 37.4 Å². The summed E-state index contributed by atoms with van der Waals surface area (Å²) in [5, 5.41) is 0. The minimum atomic E-state index is -0.273. The predicted octanol–water partition coefficient (Wildman–Crippen LogP) is 3.34. The molecule has 3 aromatic rings. The van der Waals surface area contributed by atoms with E-state index >= 15 is 0 Å². The molecule has 3 rings (SSSR count). The molecule has 0 saturated carbocycles. The van der Waals surface area contributed by atoms with Gasteiger partial charge in [-0.1, -0.05) is 18.2 Å². The van der Waals surface area contributed by atoms with Gasteiger partial charge in [0, 0.05) is 24.2 Å². The summed E-state index contributed by atoms with van der Waals surface area (Å²) in [4.78, 5) is 8.25. The number of oxazole rings is 1. The second-order valence-electron chi connectivity index (χ2n) is 3.76. The molecule has 0 amide bonds. The first-order chi connectivity index (χ1) is 8.24. The second-order valence-corrected chi connectivity index (χ2v) is 3.76. The van der Waals surface area contributed by atoms with Gasteiger partial charge in [0.25, 0.3) is 0 Å². The lowest BCUT2D eigenvalue weighted by Gasteiger charge is -2.01. The summed E-state index contributed by atoms with van der Waals surface area (Å²) in [5.74, 6) is 0.281. The molecule has 0 N–H and O–H groups in total. The molecular formula is C13H9FN2O. The first kappa shape index (κ1) is 9.96. The quantitative estimate of drug-likeness (QED) is 0.641. The van der Waals surface area contributed by atoms with Crippen LogP contribution in [0, 0.1) is 12.7 Å². The van der Waals surface area contributed by atoms with Crippen LogP contribution < -0.4 is 0 Å². The minimum Gasteiger partial charge on any atom is -0.439 e. The Balaban J connectivity index is 2.21. The fourth-order valence-electron chi connectivity index (χ4n) is 1.77. The van der Waals surface area contributed by atoms with Gasteiger partial charge in [0.05, 0.1) is 0 Å². The smallest absolute Gasteiger partial charge is 0.198 e. The molecule has 0 aliphatic carbocycles. The van der Waals surface area contributed by atoms with Crippen LogP contribution in [0.4, 0.5) is 4.39 Å². The number of fused-ring (bicyclic) bond motifs is 1. The number of rotatable bonds is 1. The zero-order chi connectivity index (χ0) is 11.8. The zero-order valence-electron chi connectivity index (χ0n) is 9.14. The van der Waals surface area contributed by atoms with Crippen molar-refractivity contribution in [2.75, 3.05) is 0 Å². The van der Waals surface area contributed by atoms with Crippen molar-refractivity contribution in [1.82, 2.24) is 9.97 Å². The first-order valence-corrected chi connectivity index (χ1v) is 5.22. The number of nitrogens with zero attached hydrogens (tertiary/aromatic N) is 2. The molecular weight excluding hydrogens is 219 g/mol. The van der Waals surface area contributed by atoms with Crippen LogP contribution in [0.3, 0.4) is 0 Å². The molecule has 0 aliphatic heterocycles. The number of aryl methyl sites for hydroxylation is 1. The number of hydrogen-bond donors (Lipinski definition) is 0. The summed E-state index contributed by atoms with van der Waals surface area (Å²) in [5.41, 5.74) is 2.31. The number of halogens is 1. The number of hydrogen-bond acceptors (Lipinski definition) is 3. The molecule has 0 bridgehead atoms. The fraction of sp³-hybridized carbons (Fsp3) is 0.0769. The summed E-state index contributed by atoms with van der Waals surface area (Å²) < 4.78 is 19.0. The highest BCUT2D eigenvalue weighted by molar-refractivity contribution is 5.76. The maximum absolute atomic E-state index is 13.6. The van der Waals surface area contributed by atoms with E-state index in [0.717, 1.165) is 0 Å². The molecule has 0 atom stereocenters. The Morgan fingerprint density at radius 3 is 2.88 bits per heavy atom. The van der Waals surface area contributed by atoms with Crippen LogP contribution in [0.2, 0.25) is 0 Å². The van der Waals surface area contributed by atoms with Crippen molar-refractivity contribution < 1.29 is 8.81 Å². The van der Waals surface area contributed by atoms with Gasteiger partial charge in [-0.25, -0.2) is 9.37 Å². The highest BCUT2D eigenvalue weighted by Crippen LogP contribution is 2.25. The van der Waals surface area contributed by atoms with Crippen molar-refractivity contribution in [3.63, 3.8) is 0 Å². The van der Waals surface area contributed by atoms with Gasteiger partial charge in [0.2, 0.25) is 0 Å². The van der Waals surface area contributed by atoms with E-state index in [-0.39, 0.29) is 5.82 Å². The van der Waals surface area contributed by atoms with Gasteiger partial charge in [0.15, 0.2) is 17.1 Å². The second kappa shape index (κ2) is 3.66. The lowest BCUT2D eigenvalue weighted by molar-refractivity contribution is 0.561. The average molecular weight is 228 g/mol. The summed E-state index contributed by atoms with van der Waals surface area (Å²) in [7, 11) is 0. The molecule has 2 aromatic heterocycles. The molecule has 1 aromatic carbocycles. The van der Waals surface area contributed by atoms with Crippen LogP contribution in [0.25, 0.3) is 22.4 Å². The third-order valence-corrected chi connectivity index (χ3v) is 2.54. The Bertz CT molecular complexity index is 691. The van der Waals surface area contributed by atoms with E-state index in [1.165, 1.54) is 6.07 Å². The highest BCUT2D eigenvalue weighted by Gasteiger charge is 2.08. The lowest BCUT2D eigenvalue weighted by atomic mass is 10.1. The Morgan fingerprint density at radius 2 is 2.06 bits per heavy atom. The monoisotopic (exact) mass is 228 g/mol. The molecule has 0 unspecified atom stereocenters. The van der Waals surface area contributed by atoms with E-state index in [4.69, 9.17) is 4.42 Å². The molecule has 0 radical (unpaired) electrons. The van der Waals surface area contributed by atoms with E-state index in [9.17, 15) is 4.39 Å². The summed E-state index contributed by atoms with van der Waals surface area (Å²) in [6, 6.07) is 8.32. The van der Waals surface area contributed by atoms with Gasteiger partial charge in [0.1, 0.15) is 5.82 Å². The van der Waals surface area contributed by atoms with Gasteiger partial charge < -0.3 is 4.42 Å². The van der Waals surface area contributed by atoms with Crippen molar-refractivity contribution in [2.45, 2.75) is 6.92 Å². The molecule has 2 heterocycles. The topological polar surface area (TPSA) is 38.9 Å². The van der Waals surface area contributed by atoms with E-state index in [1.807, 2.05) is 0 Å². The molecule has 0 aliphatic rings. The van der Waals surface area contributed by atoms with Crippen molar-refractivity contribution in [3.05, 3.63) is 48.2 Å². The number of aromatic nitrogens is 2. The molecule has 0 spiro atoms. The molecule has 0 saturated heterocycles. The van der Waals surface area contributed by atoms with Crippen LogP contribution in [-0.4, -0.2) is 9.97 Å². The van der Waals surface area contributed by atoms with Crippen molar-refractivity contribution in [1.29, 1.82) is 0 Å². The van der Waals surface area contributed by atoms with E-state index in [0.29, 0.717) is 28.2 Å². The Kier molecular flexibility index (Phi) is 2.14.